The lowest BCUT2D eigenvalue weighted by atomic mass is 9.49. The number of aliphatic hydroxyl groups is 2. The Morgan fingerprint density at radius 2 is 1.61 bits per heavy atom. The number of alkyl halides is 5. The predicted octanol–water partition coefficient (Wildman–Crippen LogP) is 6.79. The van der Waals surface area contributed by atoms with Gasteiger partial charge in [0.05, 0.1) is 25.4 Å². The average Bonchev–Trinajstić information content (AvgIpc) is 3.54. The number of hydrogen-bond donors (Lipinski definition) is 2. The van der Waals surface area contributed by atoms with Crippen LogP contribution in [0.2, 0.25) is 0 Å². The Kier molecular flexibility index (Phi) is 7.26. The zero-order valence-corrected chi connectivity index (χ0v) is 24.9. The van der Waals surface area contributed by atoms with Crippen molar-refractivity contribution in [1.29, 1.82) is 0 Å². The van der Waals surface area contributed by atoms with Gasteiger partial charge in [0.25, 0.3) is 0 Å². The van der Waals surface area contributed by atoms with Gasteiger partial charge in [0, 0.05) is 30.6 Å². The lowest BCUT2D eigenvalue weighted by Crippen LogP contribution is -2.65. The van der Waals surface area contributed by atoms with Gasteiger partial charge in [0.1, 0.15) is 11.4 Å². The van der Waals surface area contributed by atoms with Gasteiger partial charge in [-0.2, -0.15) is 22.0 Å². The zero-order valence-electron chi connectivity index (χ0n) is 24.9. The van der Waals surface area contributed by atoms with Gasteiger partial charge in [-0.25, -0.2) is 0 Å². The summed E-state index contributed by atoms with van der Waals surface area (Å²) in [6.45, 7) is 2.93. The Labute approximate surface area is 253 Å². The summed E-state index contributed by atoms with van der Waals surface area (Å²) in [5, 5.41) is 23.6. The molecule has 2 aliphatic heterocycles. The van der Waals surface area contributed by atoms with Crippen LogP contribution in [0.25, 0.3) is 0 Å². The molecule has 3 saturated carbocycles. The third-order valence-corrected chi connectivity index (χ3v) is 11.9. The fourth-order valence-corrected chi connectivity index (χ4v) is 9.80. The molecule has 0 radical (unpaired) electrons. The van der Waals surface area contributed by atoms with Crippen LogP contribution in [0.5, 0.6) is 5.75 Å². The van der Waals surface area contributed by atoms with Gasteiger partial charge in [-0.15, -0.1) is 0 Å². The van der Waals surface area contributed by atoms with Gasteiger partial charge in [0.15, 0.2) is 12.1 Å². The molecule has 0 bridgehead atoms. The van der Waals surface area contributed by atoms with Crippen molar-refractivity contribution in [2.45, 2.75) is 119 Å². The van der Waals surface area contributed by atoms with E-state index in [1.54, 1.807) is 12.1 Å². The zero-order chi connectivity index (χ0) is 31.2. The molecule has 1 aromatic rings. The second kappa shape index (κ2) is 10.4. The number of allylic oxidation sites excluding steroid dienone is 1. The van der Waals surface area contributed by atoms with Crippen molar-refractivity contribution in [2.24, 2.45) is 17.3 Å². The Morgan fingerprint density at radius 1 is 0.886 bits per heavy atom. The summed E-state index contributed by atoms with van der Waals surface area (Å²) in [5.41, 5.74) is -3.71. The highest BCUT2D eigenvalue weighted by molar-refractivity contribution is 5.45. The van der Waals surface area contributed by atoms with Gasteiger partial charge in [-0.3, -0.25) is 0 Å². The van der Waals surface area contributed by atoms with E-state index in [1.165, 1.54) is 6.92 Å². The molecule has 4 aliphatic carbocycles. The Hall–Kier alpha value is -1.79. The minimum Gasteiger partial charge on any atom is -0.465 e. The molecule has 7 rings (SSSR count). The summed E-state index contributed by atoms with van der Waals surface area (Å²) >= 11 is 0. The number of fused-ring (bicyclic) bond motifs is 4. The molecule has 0 amide bonds. The molecule has 7 atom stereocenters. The van der Waals surface area contributed by atoms with E-state index in [0.717, 1.165) is 36.0 Å². The van der Waals surface area contributed by atoms with Crippen LogP contribution in [-0.2, 0) is 14.2 Å². The molecule has 1 aromatic carbocycles. The number of benzene rings is 1. The second-order valence-electron chi connectivity index (χ2n) is 14.1. The first kappa shape index (κ1) is 30.8. The first-order chi connectivity index (χ1) is 20.7. The van der Waals surface area contributed by atoms with Gasteiger partial charge < -0.3 is 29.2 Å². The van der Waals surface area contributed by atoms with Crippen molar-refractivity contribution < 1.29 is 51.1 Å². The second-order valence-corrected chi connectivity index (χ2v) is 14.1. The normalized spacial score (nSPS) is 40.5. The highest BCUT2D eigenvalue weighted by Crippen LogP contribution is 2.71. The number of ether oxygens (including phenoxy) is 4. The molecule has 5 fully saturated rings. The van der Waals surface area contributed by atoms with Crippen molar-refractivity contribution in [3.05, 3.63) is 41.0 Å². The van der Waals surface area contributed by atoms with Gasteiger partial charge in [-0.05, 0) is 86.5 Å². The highest BCUT2D eigenvalue weighted by Gasteiger charge is 2.79. The monoisotopic (exact) mass is 628 g/mol. The van der Waals surface area contributed by atoms with E-state index in [-0.39, 0.29) is 31.5 Å². The molecule has 1 spiro atoms. The predicted molar refractivity (Wildman–Crippen MR) is 148 cm³/mol. The molecule has 2 N–H and O–H groups in total. The van der Waals surface area contributed by atoms with E-state index in [4.69, 9.17) is 18.9 Å². The first-order valence-electron chi connectivity index (χ1n) is 16.0. The van der Waals surface area contributed by atoms with E-state index in [1.807, 2.05) is 12.1 Å². The van der Waals surface area contributed by atoms with Crippen LogP contribution in [-0.4, -0.2) is 65.4 Å². The molecule has 6 aliphatic rings. The Bertz CT molecular complexity index is 1290. The summed E-state index contributed by atoms with van der Waals surface area (Å²) in [4.78, 5) is 0. The van der Waals surface area contributed by atoms with Crippen molar-refractivity contribution in [3.8, 4) is 5.75 Å². The Morgan fingerprint density at radius 3 is 2.27 bits per heavy atom. The third kappa shape index (κ3) is 4.50. The summed E-state index contributed by atoms with van der Waals surface area (Å²) in [5.74, 6) is -7.09. The maximum atomic E-state index is 15.3. The fourth-order valence-electron chi connectivity index (χ4n) is 9.80. The fraction of sp³-hybridized carbons (Fsp3) is 0.758. The van der Waals surface area contributed by atoms with Gasteiger partial charge in [0.2, 0.25) is 0 Å². The summed E-state index contributed by atoms with van der Waals surface area (Å²) in [6, 6.07) is 7.21. The van der Waals surface area contributed by atoms with Crippen molar-refractivity contribution in [1.82, 2.24) is 0 Å². The summed E-state index contributed by atoms with van der Waals surface area (Å²) in [7, 11) is 0. The van der Waals surface area contributed by atoms with E-state index in [0.29, 0.717) is 51.3 Å². The van der Waals surface area contributed by atoms with Crippen LogP contribution in [0.15, 0.2) is 35.4 Å². The molecule has 2 saturated heterocycles. The van der Waals surface area contributed by atoms with E-state index in [9.17, 15) is 23.4 Å². The highest BCUT2D eigenvalue weighted by atomic mass is 19.4. The number of rotatable bonds is 4. The molecule has 44 heavy (non-hydrogen) atoms. The molecule has 11 heteroatoms. The Balaban J connectivity index is 1.30. The summed E-state index contributed by atoms with van der Waals surface area (Å²) in [6.07, 6.45) is -2.21. The minimum atomic E-state index is -5.89. The van der Waals surface area contributed by atoms with Crippen molar-refractivity contribution in [2.75, 3.05) is 19.8 Å². The van der Waals surface area contributed by atoms with Gasteiger partial charge >= 0.3 is 12.1 Å². The maximum Gasteiger partial charge on any atom is 0.456 e. The molecule has 6 nitrogen and oxygen atoms in total. The average molecular weight is 629 g/mol. The van der Waals surface area contributed by atoms with Crippen LogP contribution in [0.1, 0.15) is 89.0 Å². The smallest absolute Gasteiger partial charge is 0.456 e. The molecule has 0 aromatic heterocycles. The standard InChI is InChI=1S/C33H41F5O6/c1-28-18-23(20-5-7-21(8-6-20)44-26-4-2-3-15-41-26)27-22(24(28)11-14-31(28,40)32(34,35)33(36,37)38)9-12-29(39)19-30(13-10-25(27)29)42-16-17-43-30/h5-8,22-24,26,39-40H,2-4,9-19H2,1H3/t22-,23+,24-,26?,28-,29+,31-/m0/s1. The van der Waals surface area contributed by atoms with Crippen molar-refractivity contribution >= 4 is 0 Å². The summed E-state index contributed by atoms with van der Waals surface area (Å²) < 4.78 is 95.7. The minimum absolute atomic E-state index is 0.0512. The lowest BCUT2D eigenvalue weighted by molar-refractivity contribution is -0.362. The lowest BCUT2D eigenvalue weighted by Gasteiger charge is -2.58. The van der Waals surface area contributed by atoms with Crippen LogP contribution in [0, 0.1) is 17.3 Å². The quantitative estimate of drug-likeness (QED) is 0.283. The van der Waals surface area contributed by atoms with Crippen LogP contribution in [0.3, 0.4) is 0 Å². The topological polar surface area (TPSA) is 77.4 Å². The van der Waals surface area contributed by atoms with E-state index >= 15 is 8.78 Å². The molecular formula is C33H41F5O6. The van der Waals surface area contributed by atoms with Crippen LogP contribution < -0.4 is 4.74 Å². The number of halogens is 5. The van der Waals surface area contributed by atoms with Gasteiger partial charge in [-0.1, -0.05) is 24.6 Å². The first-order valence-corrected chi connectivity index (χ1v) is 16.0. The molecule has 2 heterocycles. The number of hydrogen-bond acceptors (Lipinski definition) is 6. The molecule has 1 unspecified atom stereocenters. The van der Waals surface area contributed by atoms with Crippen molar-refractivity contribution in [3.63, 3.8) is 0 Å². The third-order valence-electron chi connectivity index (χ3n) is 11.9. The van der Waals surface area contributed by atoms with E-state index in [2.05, 4.69) is 0 Å². The SMILES string of the molecule is C[C@]12C[C@H](c3ccc(OC4CCCCO4)cc3)C3=C4CCC5(C[C@]4(O)CC[C@H]3[C@@H]1CC[C@@]2(O)C(F)(F)C(F)(F)F)OCCO5. The van der Waals surface area contributed by atoms with Crippen LogP contribution in [0.4, 0.5) is 22.0 Å². The maximum absolute atomic E-state index is 15.3. The largest absolute Gasteiger partial charge is 0.465 e. The van der Waals surface area contributed by atoms with E-state index < -0.39 is 52.8 Å². The van der Waals surface area contributed by atoms with Crippen LogP contribution >= 0.6 is 0 Å². The molecule has 244 valence electrons. The molecular weight excluding hydrogens is 587 g/mol.